The van der Waals surface area contributed by atoms with Gasteiger partial charge in [0.15, 0.2) is 5.69 Å². The molecule has 142 valence electrons. The second kappa shape index (κ2) is 7.20. The van der Waals surface area contributed by atoms with Gasteiger partial charge in [0.05, 0.1) is 23.4 Å². The van der Waals surface area contributed by atoms with Crippen molar-refractivity contribution in [2.75, 3.05) is 19.8 Å². The Morgan fingerprint density at radius 3 is 3.00 bits per heavy atom. The van der Waals surface area contributed by atoms with E-state index in [0.29, 0.717) is 19.8 Å². The summed E-state index contributed by atoms with van der Waals surface area (Å²) in [6.07, 6.45) is 0. The molecule has 0 aliphatic carbocycles. The van der Waals surface area contributed by atoms with Crippen LogP contribution in [0.3, 0.4) is 0 Å². The average molecular weight is 394 g/mol. The first-order chi connectivity index (χ1) is 13.0. The highest BCUT2D eigenvalue weighted by molar-refractivity contribution is 7.18. The summed E-state index contributed by atoms with van der Waals surface area (Å²) in [4.78, 5) is 19.2. The van der Waals surface area contributed by atoms with E-state index in [1.54, 1.807) is 4.90 Å². The maximum absolute atomic E-state index is 13.0. The number of hydrogen-bond acceptors (Lipinski definition) is 6. The SMILES string of the molecule is Cn1nc(C(=O)N2CCOCC2c2nc3ccccc3s2)cc1OC(F)F. The third-order valence-corrected chi connectivity index (χ3v) is 5.39. The minimum atomic E-state index is -2.98. The first-order valence-electron chi connectivity index (χ1n) is 8.26. The van der Waals surface area contributed by atoms with Gasteiger partial charge in [0.2, 0.25) is 5.88 Å². The number of rotatable bonds is 4. The molecule has 0 bridgehead atoms. The van der Waals surface area contributed by atoms with Gasteiger partial charge in [-0.25, -0.2) is 9.67 Å². The van der Waals surface area contributed by atoms with Crippen LogP contribution in [0.1, 0.15) is 21.5 Å². The lowest BCUT2D eigenvalue weighted by Gasteiger charge is -2.33. The van der Waals surface area contributed by atoms with E-state index in [1.807, 2.05) is 24.3 Å². The molecule has 0 saturated carbocycles. The van der Waals surface area contributed by atoms with Crippen molar-refractivity contribution in [3.05, 3.63) is 41.0 Å². The van der Waals surface area contributed by atoms with Gasteiger partial charge >= 0.3 is 6.61 Å². The van der Waals surface area contributed by atoms with E-state index < -0.39 is 6.61 Å². The number of morpholine rings is 1. The third-order valence-electron chi connectivity index (χ3n) is 4.25. The lowest BCUT2D eigenvalue weighted by molar-refractivity contribution is -0.0553. The normalized spacial score (nSPS) is 17.6. The fourth-order valence-corrected chi connectivity index (χ4v) is 4.05. The first-order valence-corrected chi connectivity index (χ1v) is 9.07. The van der Waals surface area contributed by atoms with Crippen LogP contribution in [0, 0.1) is 0 Å². The van der Waals surface area contributed by atoms with Crippen LogP contribution >= 0.6 is 11.3 Å². The van der Waals surface area contributed by atoms with Crippen LogP contribution in [0.25, 0.3) is 10.2 Å². The highest BCUT2D eigenvalue weighted by Crippen LogP contribution is 2.32. The van der Waals surface area contributed by atoms with Gasteiger partial charge in [0.25, 0.3) is 5.91 Å². The predicted octanol–water partition coefficient (Wildman–Crippen LogP) is 2.84. The van der Waals surface area contributed by atoms with E-state index in [-0.39, 0.29) is 23.5 Å². The topological polar surface area (TPSA) is 69.5 Å². The quantitative estimate of drug-likeness (QED) is 0.681. The van der Waals surface area contributed by atoms with Gasteiger partial charge in [-0.1, -0.05) is 12.1 Å². The third kappa shape index (κ3) is 3.50. The summed E-state index contributed by atoms with van der Waals surface area (Å²) >= 11 is 1.50. The molecule has 1 atom stereocenters. The summed E-state index contributed by atoms with van der Waals surface area (Å²) in [5.41, 5.74) is 0.905. The summed E-state index contributed by atoms with van der Waals surface area (Å²) in [7, 11) is 1.44. The monoisotopic (exact) mass is 394 g/mol. The number of benzene rings is 1. The maximum Gasteiger partial charge on any atom is 0.388 e. The number of alkyl halides is 2. The predicted molar refractivity (Wildman–Crippen MR) is 94.1 cm³/mol. The van der Waals surface area contributed by atoms with E-state index in [0.717, 1.165) is 19.9 Å². The molecule has 1 aliphatic rings. The van der Waals surface area contributed by atoms with Crippen molar-refractivity contribution in [3.8, 4) is 5.88 Å². The second-order valence-electron chi connectivity index (χ2n) is 5.98. The molecular formula is C17H16F2N4O3S. The molecule has 27 heavy (non-hydrogen) atoms. The second-order valence-corrected chi connectivity index (χ2v) is 7.04. The van der Waals surface area contributed by atoms with Crippen LogP contribution in [-0.4, -0.2) is 51.9 Å². The molecule has 0 radical (unpaired) electrons. The molecule has 1 unspecified atom stereocenters. The van der Waals surface area contributed by atoms with Crippen molar-refractivity contribution >= 4 is 27.5 Å². The number of carbonyl (C=O) groups excluding carboxylic acids is 1. The Morgan fingerprint density at radius 1 is 1.41 bits per heavy atom. The largest absolute Gasteiger partial charge is 0.417 e. The summed E-state index contributed by atoms with van der Waals surface area (Å²) in [6.45, 7) is -1.91. The van der Waals surface area contributed by atoms with Gasteiger partial charge < -0.3 is 14.4 Å². The Bertz CT molecular complexity index is 941. The van der Waals surface area contributed by atoms with Crippen LogP contribution in [0.5, 0.6) is 5.88 Å². The zero-order chi connectivity index (χ0) is 19.0. The number of hydrogen-bond donors (Lipinski definition) is 0. The zero-order valence-corrected chi connectivity index (χ0v) is 15.2. The average Bonchev–Trinajstić information content (AvgIpc) is 3.24. The minimum absolute atomic E-state index is 0.0427. The summed E-state index contributed by atoms with van der Waals surface area (Å²) in [5, 5.41) is 4.79. The lowest BCUT2D eigenvalue weighted by Crippen LogP contribution is -2.43. The number of nitrogens with zero attached hydrogens (tertiary/aromatic N) is 4. The molecule has 10 heteroatoms. The molecule has 1 fully saturated rings. The number of amides is 1. The van der Waals surface area contributed by atoms with Gasteiger partial charge in [-0.15, -0.1) is 11.3 Å². The molecule has 7 nitrogen and oxygen atoms in total. The number of aromatic nitrogens is 3. The molecule has 2 aromatic heterocycles. The fraction of sp³-hybridized carbons (Fsp3) is 0.353. The van der Waals surface area contributed by atoms with Crippen LogP contribution in [0.4, 0.5) is 8.78 Å². The highest BCUT2D eigenvalue weighted by Gasteiger charge is 2.33. The molecule has 1 saturated heterocycles. The number of carbonyl (C=O) groups is 1. The maximum atomic E-state index is 13.0. The number of aryl methyl sites for hydroxylation is 1. The standard InChI is InChI=1S/C17H16F2N4O3S/c1-22-14(26-17(18)19)8-11(21-22)16(24)23-6-7-25-9-12(23)15-20-10-4-2-3-5-13(10)27-15/h2-5,8,12,17H,6-7,9H2,1H3. The molecule has 3 heterocycles. The van der Waals surface area contributed by atoms with E-state index in [4.69, 9.17) is 4.74 Å². The van der Waals surface area contributed by atoms with Crippen molar-refractivity contribution in [3.63, 3.8) is 0 Å². The Balaban J connectivity index is 1.63. The summed E-state index contributed by atoms with van der Waals surface area (Å²) < 4.78 is 37.0. The van der Waals surface area contributed by atoms with Crippen molar-refractivity contribution < 1.29 is 23.0 Å². The molecule has 1 amide bonds. The van der Waals surface area contributed by atoms with Crippen LogP contribution in [-0.2, 0) is 11.8 Å². The lowest BCUT2D eigenvalue weighted by atomic mass is 10.2. The van der Waals surface area contributed by atoms with E-state index in [1.165, 1.54) is 24.5 Å². The van der Waals surface area contributed by atoms with Gasteiger partial charge in [-0.3, -0.25) is 4.79 Å². The highest BCUT2D eigenvalue weighted by atomic mass is 32.1. The van der Waals surface area contributed by atoms with Crippen molar-refractivity contribution in [1.82, 2.24) is 19.7 Å². The molecule has 3 aromatic rings. The van der Waals surface area contributed by atoms with Crippen molar-refractivity contribution in [1.29, 1.82) is 0 Å². The van der Waals surface area contributed by atoms with E-state index in [2.05, 4.69) is 14.8 Å². The Morgan fingerprint density at radius 2 is 2.22 bits per heavy atom. The van der Waals surface area contributed by atoms with E-state index in [9.17, 15) is 13.6 Å². The molecule has 4 rings (SSSR count). The smallest absolute Gasteiger partial charge is 0.388 e. The Hall–Kier alpha value is -2.59. The molecule has 0 spiro atoms. The number of para-hydroxylation sites is 1. The zero-order valence-electron chi connectivity index (χ0n) is 14.3. The number of halogens is 2. The van der Waals surface area contributed by atoms with Crippen LogP contribution < -0.4 is 4.74 Å². The number of thiazole rings is 1. The minimum Gasteiger partial charge on any atom is -0.417 e. The van der Waals surface area contributed by atoms with E-state index >= 15 is 0 Å². The molecule has 1 aromatic carbocycles. The molecule has 0 N–H and O–H groups in total. The van der Waals surface area contributed by atoms with Crippen molar-refractivity contribution in [2.24, 2.45) is 7.05 Å². The molecule has 1 aliphatic heterocycles. The summed E-state index contributed by atoms with van der Waals surface area (Å²) in [6, 6.07) is 8.59. The fourth-order valence-electron chi connectivity index (χ4n) is 2.99. The van der Waals surface area contributed by atoms with Gasteiger partial charge in [0, 0.05) is 19.7 Å². The Kier molecular flexibility index (Phi) is 4.75. The van der Waals surface area contributed by atoms with Gasteiger partial charge in [-0.2, -0.15) is 13.9 Å². The Labute approximate surface area is 157 Å². The van der Waals surface area contributed by atoms with Crippen LogP contribution in [0.15, 0.2) is 30.3 Å². The number of ether oxygens (including phenoxy) is 2. The van der Waals surface area contributed by atoms with Gasteiger partial charge in [0.1, 0.15) is 11.0 Å². The first kappa shape index (κ1) is 17.8. The van der Waals surface area contributed by atoms with Gasteiger partial charge in [-0.05, 0) is 12.1 Å². The molecular weight excluding hydrogens is 378 g/mol. The van der Waals surface area contributed by atoms with Crippen LogP contribution in [0.2, 0.25) is 0 Å². The summed E-state index contributed by atoms with van der Waals surface area (Å²) in [5.74, 6) is -0.541. The van der Waals surface area contributed by atoms with Crippen molar-refractivity contribution in [2.45, 2.75) is 12.7 Å². The number of fused-ring (bicyclic) bond motifs is 1.